The van der Waals surface area contributed by atoms with Crippen LogP contribution < -0.4 is 21.2 Å². The van der Waals surface area contributed by atoms with Gasteiger partial charge in [-0.25, -0.2) is 0 Å². The van der Waals surface area contributed by atoms with Crippen molar-refractivity contribution in [2.75, 3.05) is 4.43 Å². The molecule has 0 aliphatic heterocycles. The SMILES string of the molecule is CC[I-]c1ccc(C(F)(F)F)cc1. The fourth-order valence-corrected chi connectivity index (χ4v) is 2.63. The molecule has 0 spiro atoms. The molecular formula is C9H9F3I-. The van der Waals surface area contributed by atoms with Gasteiger partial charge in [0, 0.05) is 0 Å². The molecule has 1 rings (SSSR count). The van der Waals surface area contributed by atoms with E-state index in [0.717, 1.165) is 20.1 Å². The van der Waals surface area contributed by atoms with Gasteiger partial charge in [0.2, 0.25) is 0 Å². The second kappa shape index (κ2) is 4.30. The van der Waals surface area contributed by atoms with Gasteiger partial charge in [0.15, 0.2) is 0 Å². The molecule has 0 saturated carbocycles. The van der Waals surface area contributed by atoms with Gasteiger partial charge in [-0.2, -0.15) is 0 Å². The minimum atomic E-state index is -4.21. The average molecular weight is 301 g/mol. The molecule has 1 aromatic rings. The first-order valence-corrected chi connectivity index (χ1v) is 6.41. The summed E-state index contributed by atoms with van der Waals surface area (Å²) in [5, 5.41) is 0. The molecule has 0 unspecified atom stereocenters. The number of hydrogen-bond acceptors (Lipinski definition) is 0. The van der Waals surface area contributed by atoms with Crippen molar-refractivity contribution in [3.05, 3.63) is 33.4 Å². The molecule has 0 atom stereocenters. The number of rotatable bonds is 2. The second-order valence-corrected chi connectivity index (χ2v) is 5.94. The van der Waals surface area contributed by atoms with E-state index in [1.165, 1.54) is 0 Å². The molecule has 0 radical (unpaired) electrons. The summed E-state index contributed by atoms with van der Waals surface area (Å²) in [6.07, 6.45) is -4.21. The van der Waals surface area contributed by atoms with E-state index in [-0.39, 0.29) is 21.2 Å². The Bertz CT molecular complexity index is 263. The van der Waals surface area contributed by atoms with Crippen molar-refractivity contribution in [1.82, 2.24) is 0 Å². The fraction of sp³-hybridized carbons (Fsp3) is 0.333. The van der Waals surface area contributed by atoms with Gasteiger partial charge >= 0.3 is 85.3 Å². The maximum absolute atomic E-state index is 12.1. The molecule has 1 aromatic carbocycles. The molecule has 0 aromatic heterocycles. The van der Waals surface area contributed by atoms with Crippen LogP contribution in [0.1, 0.15) is 12.5 Å². The van der Waals surface area contributed by atoms with Crippen LogP contribution in [0.2, 0.25) is 0 Å². The van der Waals surface area contributed by atoms with Crippen LogP contribution in [0.25, 0.3) is 0 Å². The zero-order valence-electron chi connectivity index (χ0n) is 7.03. The van der Waals surface area contributed by atoms with Crippen LogP contribution in [-0.4, -0.2) is 4.43 Å². The van der Waals surface area contributed by atoms with E-state index in [1.807, 2.05) is 6.92 Å². The van der Waals surface area contributed by atoms with Gasteiger partial charge in [0.05, 0.1) is 0 Å². The predicted octanol–water partition coefficient (Wildman–Crippen LogP) is -0.0161. The Morgan fingerprint density at radius 2 is 1.69 bits per heavy atom. The Morgan fingerprint density at radius 3 is 2.08 bits per heavy atom. The number of benzene rings is 1. The first-order chi connectivity index (χ1) is 6.04. The number of halogens is 4. The summed E-state index contributed by atoms with van der Waals surface area (Å²) < 4.78 is 38.5. The van der Waals surface area contributed by atoms with Gasteiger partial charge in [-0.1, -0.05) is 0 Å². The van der Waals surface area contributed by atoms with E-state index in [4.69, 9.17) is 0 Å². The molecule has 4 heteroatoms. The summed E-state index contributed by atoms with van der Waals surface area (Å²) >= 11 is -0.0869. The third kappa shape index (κ3) is 3.17. The van der Waals surface area contributed by atoms with Crippen molar-refractivity contribution in [1.29, 1.82) is 0 Å². The van der Waals surface area contributed by atoms with Crippen molar-refractivity contribution >= 4 is 0 Å². The van der Waals surface area contributed by atoms with Crippen molar-refractivity contribution < 1.29 is 34.4 Å². The average Bonchev–Trinajstić information content (AvgIpc) is 2.04. The standard InChI is InChI=1S/C9H9F3I/c1-2-13-8-5-3-7(4-6-8)9(10,11)12/h3-6H,2H2,1H3/q-1. The van der Waals surface area contributed by atoms with Gasteiger partial charge in [-0.3, -0.25) is 0 Å². The molecule has 0 aliphatic carbocycles. The molecule has 0 N–H and O–H groups in total. The first kappa shape index (κ1) is 10.8. The Balaban J connectivity index is 2.81. The van der Waals surface area contributed by atoms with E-state index >= 15 is 0 Å². The van der Waals surface area contributed by atoms with E-state index in [9.17, 15) is 13.2 Å². The maximum atomic E-state index is 12.1. The fourth-order valence-electron chi connectivity index (χ4n) is 0.882. The summed E-state index contributed by atoms with van der Waals surface area (Å²) in [5.74, 6) is 0. The van der Waals surface area contributed by atoms with E-state index in [1.54, 1.807) is 12.1 Å². The van der Waals surface area contributed by atoms with E-state index in [2.05, 4.69) is 0 Å². The van der Waals surface area contributed by atoms with Gasteiger partial charge < -0.3 is 0 Å². The van der Waals surface area contributed by atoms with Gasteiger partial charge in [-0.05, 0) is 0 Å². The molecule has 0 fully saturated rings. The Kier molecular flexibility index (Phi) is 3.58. The summed E-state index contributed by atoms with van der Waals surface area (Å²) in [4.78, 5) is 0. The molecule has 0 aliphatic rings. The minimum absolute atomic E-state index is 0.0869. The normalized spacial score (nSPS) is 12.0. The van der Waals surface area contributed by atoms with Crippen molar-refractivity contribution in [2.24, 2.45) is 0 Å². The van der Waals surface area contributed by atoms with Gasteiger partial charge in [0.25, 0.3) is 0 Å². The zero-order chi connectivity index (χ0) is 9.90. The Labute approximate surface area is 85.4 Å². The third-order valence-electron chi connectivity index (χ3n) is 1.46. The van der Waals surface area contributed by atoms with E-state index < -0.39 is 11.7 Å². The van der Waals surface area contributed by atoms with Crippen LogP contribution in [0.3, 0.4) is 0 Å². The van der Waals surface area contributed by atoms with Crippen molar-refractivity contribution in [2.45, 2.75) is 13.1 Å². The molecule has 0 saturated heterocycles. The van der Waals surface area contributed by atoms with Crippen LogP contribution in [0.4, 0.5) is 13.2 Å². The zero-order valence-corrected chi connectivity index (χ0v) is 9.19. The van der Waals surface area contributed by atoms with Crippen LogP contribution >= 0.6 is 0 Å². The van der Waals surface area contributed by atoms with Gasteiger partial charge in [-0.15, -0.1) is 0 Å². The van der Waals surface area contributed by atoms with E-state index in [0.29, 0.717) is 0 Å². The van der Waals surface area contributed by atoms with Crippen LogP contribution in [0.15, 0.2) is 24.3 Å². The first-order valence-electron chi connectivity index (χ1n) is 3.80. The summed E-state index contributed by atoms with van der Waals surface area (Å²) in [6.45, 7) is 2.05. The Hall–Kier alpha value is -0.260. The Morgan fingerprint density at radius 1 is 1.15 bits per heavy atom. The van der Waals surface area contributed by atoms with Crippen LogP contribution in [0.5, 0.6) is 0 Å². The number of alkyl halides is 4. The molecule has 74 valence electrons. The van der Waals surface area contributed by atoms with Crippen molar-refractivity contribution in [3.8, 4) is 0 Å². The molecule has 0 amide bonds. The quantitative estimate of drug-likeness (QED) is 0.532. The molecule has 0 bridgehead atoms. The molecular weight excluding hydrogens is 292 g/mol. The number of hydrogen-bond donors (Lipinski definition) is 0. The van der Waals surface area contributed by atoms with Gasteiger partial charge in [0.1, 0.15) is 0 Å². The third-order valence-corrected chi connectivity index (χ3v) is 3.82. The predicted molar refractivity (Wildman–Crippen MR) is 40.7 cm³/mol. The molecule has 0 nitrogen and oxygen atoms in total. The van der Waals surface area contributed by atoms with Crippen LogP contribution in [-0.2, 0) is 6.18 Å². The topological polar surface area (TPSA) is 0 Å². The summed E-state index contributed by atoms with van der Waals surface area (Å²) in [6, 6.07) is 5.48. The summed E-state index contributed by atoms with van der Waals surface area (Å²) in [5.41, 5.74) is -0.559. The van der Waals surface area contributed by atoms with Crippen molar-refractivity contribution in [3.63, 3.8) is 0 Å². The second-order valence-electron chi connectivity index (χ2n) is 2.41. The summed E-state index contributed by atoms with van der Waals surface area (Å²) in [7, 11) is 0. The molecule has 13 heavy (non-hydrogen) atoms. The van der Waals surface area contributed by atoms with Crippen LogP contribution in [0, 0.1) is 3.57 Å². The molecule has 0 heterocycles. The monoisotopic (exact) mass is 301 g/mol.